The molecule has 9 nitrogen and oxygen atoms in total. The van der Waals surface area contributed by atoms with E-state index in [1.165, 1.54) is 29.1 Å². The normalized spacial score (nSPS) is 19.9. The largest absolute Gasteiger partial charge is 0.494 e. The van der Waals surface area contributed by atoms with Gasteiger partial charge in [0.25, 0.3) is 5.69 Å². The minimum absolute atomic E-state index is 0.0743. The van der Waals surface area contributed by atoms with Crippen LogP contribution in [0.4, 0.5) is 5.69 Å². The fourth-order valence-corrected chi connectivity index (χ4v) is 7.40. The molecule has 3 heterocycles. The molecule has 0 amide bonds. The van der Waals surface area contributed by atoms with Gasteiger partial charge in [0.1, 0.15) is 17.4 Å². The molecule has 0 spiro atoms. The van der Waals surface area contributed by atoms with E-state index >= 15 is 0 Å². The van der Waals surface area contributed by atoms with Crippen molar-refractivity contribution in [2.24, 2.45) is 0 Å². The van der Waals surface area contributed by atoms with Crippen molar-refractivity contribution in [3.05, 3.63) is 106 Å². The van der Waals surface area contributed by atoms with E-state index in [1.54, 1.807) is 42.6 Å². The van der Waals surface area contributed by atoms with Gasteiger partial charge in [-0.25, -0.2) is 8.42 Å². The van der Waals surface area contributed by atoms with Gasteiger partial charge < -0.3 is 4.74 Å². The van der Waals surface area contributed by atoms with E-state index in [4.69, 9.17) is 4.74 Å². The molecule has 0 saturated carbocycles. The highest BCUT2D eigenvalue weighted by molar-refractivity contribution is 7.89. The number of non-ortho nitro benzene ring substituents is 1. The molecule has 1 fully saturated rings. The van der Waals surface area contributed by atoms with E-state index in [0.29, 0.717) is 28.8 Å². The Balaban J connectivity index is 1.54. The minimum atomic E-state index is -4.06. The molecule has 0 unspecified atom stereocenters. The van der Waals surface area contributed by atoms with Crippen molar-refractivity contribution in [1.29, 1.82) is 0 Å². The third-order valence-electron chi connectivity index (χ3n) is 7.27. The minimum Gasteiger partial charge on any atom is -0.494 e. The summed E-state index contributed by atoms with van der Waals surface area (Å²) in [5, 5.41) is 12.0. The summed E-state index contributed by atoms with van der Waals surface area (Å²) in [5.41, 5.74) is 3.23. The van der Waals surface area contributed by atoms with Crippen LogP contribution < -0.4 is 4.74 Å². The lowest BCUT2D eigenvalue weighted by molar-refractivity contribution is -0.385. The van der Waals surface area contributed by atoms with Gasteiger partial charge in [0.05, 0.1) is 23.0 Å². The van der Waals surface area contributed by atoms with Crippen LogP contribution >= 0.6 is 0 Å². The zero-order valence-corrected chi connectivity index (χ0v) is 20.8. The van der Waals surface area contributed by atoms with Crippen LogP contribution in [0.5, 0.6) is 5.75 Å². The summed E-state index contributed by atoms with van der Waals surface area (Å²) in [4.78, 5) is 17.7. The number of nitro benzene ring substituents is 1. The third kappa shape index (κ3) is 3.76. The fourth-order valence-electron chi connectivity index (χ4n) is 5.63. The molecule has 3 aromatic carbocycles. The number of ether oxygens (including phenoxy) is 1. The van der Waals surface area contributed by atoms with Gasteiger partial charge in [0.15, 0.2) is 0 Å². The van der Waals surface area contributed by atoms with Crippen LogP contribution in [0.1, 0.15) is 28.9 Å². The highest BCUT2D eigenvalue weighted by Crippen LogP contribution is 2.47. The quantitative estimate of drug-likeness (QED) is 0.285. The average molecular weight is 517 g/mol. The zero-order chi connectivity index (χ0) is 25.7. The van der Waals surface area contributed by atoms with E-state index in [1.807, 2.05) is 18.2 Å². The Hall–Kier alpha value is -3.86. The first kappa shape index (κ1) is 23.5. The van der Waals surface area contributed by atoms with Crippen molar-refractivity contribution in [3.63, 3.8) is 0 Å². The van der Waals surface area contributed by atoms with Gasteiger partial charge in [-0.2, -0.15) is 4.31 Å². The third-order valence-corrected chi connectivity index (χ3v) is 9.15. The van der Waals surface area contributed by atoms with E-state index < -0.39 is 21.1 Å². The van der Waals surface area contributed by atoms with E-state index in [-0.39, 0.29) is 23.2 Å². The van der Waals surface area contributed by atoms with Crippen LogP contribution in [0, 0.1) is 10.1 Å². The van der Waals surface area contributed by atoms with Gasteiger partial charge in [-0.05, 0) is 47.4 Å². The molecule has 2 atom stereocenters. The standard InChI is InChI=1S/C27H24N4O5S/c1-36-24-11-12-25(22-10-5-14-28-26(22)24)37(34,35)30-17-23-21-9-3-2-6-18(21)13-15-29(23)27(30)19-7-4-8-20(16-19)31(32)33/h2-12,14,16,23,27H,13,15,17H2,1H3/t23-,27-/m0/s1. The van der Waals surface area contributed by atoms with E-state index in [0.717, 1.165) is 12.0 Å². The number of aromatic nitrogens is 1. The SMILES string of the molecule is COc1ccc(S(=O)(=O)N2C[C@H]3c4ccccc4CCN3[C@@H]2c2cccc([N+](=O)[O-])c2)c2cccnc12. The van der Waals surface area contributed by atoms with Crippen LogP contribution in [0.2, 0.25) is 0 Å². The Morgan fingerprint density at radius 1 is 1.05 bits per heavy atom. The Morgan fingerprint density at radius 2 is 1.89 bits per heavy atom. The fraction of sp³-hybridized carbons (Fsp3) is 0.222. The van der Waals surface area contributed by atoms with Gasteiger partial charge in [-0.1, -0.05) is 36.4 Å². The van der Waals surface area contributed by atoms with Crippen LogP contribution in [-0.4, -0.2) is 47.7 Å². The second-order valence-corrected chi connectivity index (χ2v) is 11.0. The Kier molecular flexibility index (Phi) is 5.67. The summed E-state index contributed by atoms with van der Waals surface area (Å²) in [7, 11) is -2.54. The van der Waals surface area contributed by atoms with Crippen LogP contribution in [-0.2, 0) is 16.4 Å². The topological polar surface area (TPSA) is 106 Å². The number of benzene rings is 3. The molecule has 4 aromatic rings. The molecule has 1 aromatic heterocycles. The molecule has 0 N–H and O–H groups in total. The molecule has 6 rings (SSSR count). The lowest BCUT2D eigenvalue weighted by Gasteiger charge is -2.35. The van der Waals surface area contributed by atoms with Gasteiger partial charge in [-0.3, -0.25) is 20.0 Å². The molecule has 2 aliphatic rings. The highest BCUT2D eigenvalue weighted by atomic mass is 32.2. The van der Waals surface area contributed by atoms with Crippen molar-refractivity contribution in [2.45, 2.75) is 23.5 Å². The molecule has 10 heteroatoms. The summed E-state index contributed by atoms with van der Waals surface area (Å²) in [6.45, 7) is 0.854. The predicted molar refractivity (Wildman–Crippen MR) is 138 cm³/mol. The molecule has 2 aliphatic heterocycles. The number of hydrogen-bond donors (Lipinski definition) is 0. The molecule has 188 valence electrons. The maximum Gasteiger partial charge on any atom is 0.269 e. The molecule has 0 bridgehead atoms. The summed E-state index contributed by atoms with van der Waals surface area (Å²) >= 11 is 0. The lowest BCUT2D eigenvalue weighted by atomic mass is 9.93. The molecular formula is C27H24N4O5S. The monoisotopic (exact) mass is 516 g/mol. The first-order chi connectivity index (χ1) is 17.9. The maximum atomic E-state index is 14.4. The second-order valence-electron chi connectivity index (χ2n) is 9.17. The van der Waals surface area contributed by atoms with Crippen molar-refractivity contribution >= 4 is 26.6 Å². The Labute approximate surface area is 214 Å². The van der Waals surface area contributed by atoms with Gasteiger partial charge in [0, 0.05) is 36.8 Å². The summed E-state index contributed by atoms with van der Waals surface area (Å²) in [6, 6.07) is 20.7. The average Bonchev–Trinajstić information content (AvgIpc) is 3.33. The smallest absolute Gasteiger partial charge is 0.269 e. The number of methoxy groups -OCH3 is 1. The summed E-state index contributed by atoms with van der Waals surface area (Å²) < 4.78 is 35.7. The predicted octanol–water partition coefficient (Wildman–Crippen LogP) is 4.45. The number of nitro groups is 1. The number of rotatable bonds is 5. The van der Waals surface area contributed by atoms with Crippen molar-refractivity contribution < 1.29 is 18.1 Å². The number of sulfonamides is 1. The molecular weight excluding hydrogens is 492 g/mol. The molecule has 0 radical (unpaired) electrons. The second kappa shape index (κ2) is 8.91. The number of nitrogens with zero attached hydrogens (tertiary/aromatic N) is 4. The van der Waals surface area contributed by atoms with Crippen molar-refractivity contribution in [1.82, 2.24) is 14.2 Å². The van der Waals surface area contributed by atoms with Gasteiger partial charge in [0.2, 0.25) is 10.0 Å². The first-order valence-electron chi connectivity index (χ1n) is 11.9. The number of pyridine rings is 1. The molecule has 37 heavy (non-hydrogen) atoms. The highest BCUT2D eigenvalue weighted by Gasteiger charge is 2.49. The van der Waals surface area contributed by atoms with Crippen molar-refractivity contribution in [3.8, 4) is 5.75 Å². The van der Waals surface area contributed by atoms with Crippen LogP contribution in [0.3, 0.4) is 0 Å². The maximum absolute atomic E-state index is 14.4. The molecule has 0 aliphatic carbocycles. The van der Waals surface area contributed by atoms with Crippen LogP contribution in [0.15, 0.2) is 83.9 Å². The number of hydrogen-bond acceptors (Lipinski definition) is 7. The number of fused-ring (bicyclic) bond motifs is 4. The van der Waals surface area contributed by atoms with Gasteiger partial charge >= 0.3 is 0 Å². The van der Waals surface area contributed by atoms with Gasteiger partial charge in [-0.15, -0.1) is 0 Å². The summed E-state index contributed by atoms with van der Waals surface area (Å²) in [6.07, 6.45) is 1.67. The van der Waals surface area contributed by atoms with E-state index in [9.17, 15) is 18.5 Å². The Bertz CT molecular complexity index is 1640. The molecule has 1 saturated heterocycles. The zero-order valence-electron chi connectivity index (χ0n) is 20.0. The summed E-state index contributed by atoms with van der Waals surface area (Å²) in [5.74, 6) is 0.484. The van der Waals surface area contributed by atoms with Crippen LogP contribution in [0.25, 0.3) is 10.9 Å². The van der Waals surface area contributed by atoms with Crippen molar-refractivity contribution in [2.75, 3.05) is 20.2 Å². The lowest BCUT2D eigenvalue weighted by Crippen LogP contribution is -2.37. The Morgan fingerprint density at radius 3 is 2.70 bits per heavy atom. The van der Waals surface area contributed by atoms with E-state index in [2.05, 4.69) is 16.0 Å². The first-order valence-corrected chi connectivity index (χ1v) is 13.4.